The van der Waals surface area contributed by atoms with Gasteiger partial charge in [-0.2, -0.15) is 0 Å². The third-order valence-electron chi connectivity index (χ3n) is 2.06. The van der Waals surface area contributed by atoms with Crippen LogP contribution >= 0.6 is 27.5 Å². The lowest BCUT2D eigenvalue weighted by molar-refractivity contribution is 0.259. The largest absolute Gasteiger partial charge is 0.394 e. The standard InChI is InChI=1S/C10H15BrClN3O/c1-6(2)3-7(4-16)15-10-8(11)9(12)13-5-14-10/h5-7,16H,3-4H2,1-2H3,(H,13,14,15). The molecule has 0 aliphatic heterocycles. The SMILES string of the molecule is CC(C)CC(CO)Nc1ncnc(Cl)c1Br. The number of halogens is 2. The molecule has 0 saturated carbocycles. The van der Waals surface area contributed by atoms with Gasteiger partial charge in [-0.25, -0.2) is 9.97 Å². The number of nitrogens with one attached hydrogen (secondary N) is 1. The third kappa shape index (κ3) is 3.88. The molecule has 0 bridgehead atoms. The van der Waals surface area contributed by atoms with Crippen LogP contribution in [0.4, 0.5) is 5.82 Å². The van der Waals surface area contributed by atoms with Gasteiger partial charge in [0, 0.05) is 0 Å². The van der Waals surface area contributed by atoms with Crippen LogP contribution in [0.2, 0.25) is 5.15 Å². The van der Waals surface area contributed by atoms with Gasteiger partial charge in [0.2, 0.25) is 0 Å². The number of aromatic nitrogens is 2. The Kier molecular flexibility index (Phi) is 5.44. The zero-order chi connectivity index (χ0) is 12.1. The fraction of sp³-hybridized carbons (Fsp3) is 0.600. The van der Waals surface area contributed by atoms with Gasteiger partial charge < -0.3 is 10.4 Å². The molecule has 90 valence electrons. The van der Waals surface area contributed by atoms with Crippen molar-refractivity contribution >= 4 is 33.3 Å². The van der Waals surface area contributed by atoms with Crippen LogP contribution in [0.15, 0.2) is 10.8 Å². The van der Waals surface area contributed by atoms with Gasteiger partial charge in [-0.1, -0.05) is 25.4 Å². The van der Waals surface area contributed by atoms with E-state index in [4.69, 9.17) is 11.6 Å². The third-order valence-corrected chi connectivity index (χ3v) is 3.33. The average molecular weight is 309 g/mol. The molecule has 0 amide bonds. The molecule has 0 spiro atoms. The van der Waals surface area contributed by atoms with E-state index in [0.717, 1.165) is 6.42 Å². The van der Waals surface area contributed by atoms with Crippen LogP contribution in [-0.4, -0.2) is 27.7 Å². The Morgan fingerprint density at radius 1 is 1.50 bits per heavy atom. The van der Waals surface area contributed by atoms with Gasteiger partial charge in [0.15, 0.2) is 0 Å². The molecule has 0 aliphatic carbocycles. The molecule has 1 aromatic rings. The number of rotatable bonds is 5. The smallest absolute Gasteiger partial charge is 0.148 e. The van der Waals surface area contributed by atoms with Crippen molar-refractivity contribution in [2.24, 2.45) is 5.92 Å². The predicted molar refractivity (Wildman–Crippen MR) is 68.7 cm³/mol. The van der Waals surface area contributed by atoms with Gasteiger partial charge >= 0.3 is 0 Å². The first kappa shape index (κ1) is 13.7. The molecule has 6 heteroatoms. The lowest BCUT2D eigenvalue weighted by Gasteiger charge is -2.19. The Hall–Kier alpha value is -0.390. The van der Waals surface area contributed by atoms with E-state index in [9.17, 15) is 5.11 Å². The summed E-state index contributed by atoms with van der Waals surface area (Å²) in [5.74, 6) is 1.11. The van der Waals surface area contributed by atoms with E-state index in [1.54, 1.807) is 0 Å². The molecule has 0 fully saturated rings. The molecular formula is C10H15BrClN3O. The molecular weight excluding hydrogens is 293 g/mol. The Bertz CT molecular complexity index is 349. The van der Waals surface area contributed by atoms with Crippen molar-refractivity contribution in [3.8, 4) is 0 Å². The van der Waals surface area contributed by atoms with Crippen LogP contribution in [0.1, 0.15) is 20.3 Å². The summed E-state index contributed by atoms with van der Waals surface area (Å²) in [6.45, 7) is 4.27. The van der Waals surface area contributed by atoms with Gasteiger partial charge in [-0.3, -0.25) is 0 Å². The van der Waals surface area contributed by atoms with Crippen LogP contribution in [0, 0.1) is 5.92 Å². The maximum Gasteiger partial charge on any atom is 0.148 e. The van der Waals surface area contributed by atoms with Crippen molar-refractivity contribution in [1.82, 2.24) is 9.97 Å². The minimum absolute atomic E-state index is 0.0257. The molecule has 1 rings (SSSR count). The van der Waals surface area contributed by atoms with E-state index in [-0.39, 0.29) is 12.6 Å². The van der Waals surface area contributed by atoms with Gasteiger partial charge in [0.25, 0.3) is 0 Å². The average Bonchev–Trinajstić information content (AvgIpc) is 2.23. The molecule has 1 atom stereocenters. The second kappa shape index (κ2) is 6.37. The Balaban J connectivity index is 2.74. The van der Waals surface area contributed by atoms with E-state index < -0.39 is 0 Å². The lowest BCUT2D eigenvalue weighted by atomic mass is 10.0. The first-order chi connectivity index (χ1) is 7.54. The van der Waals surface area contributed by atoms with Crippen molar-refractivity contribution < 1.29 is 5.11 Å². The second-order valence-electron chi connectivity index (χ2n) is 3.98. The molecule has 4 nitrogen and oxygen atoms in total. The van der Waals surface area contributed by atoms with Crippen molar-refractivity contribution in [2.45, 2.75) is 26.3 Å². The summed E-state index contributed by atoms with van der Waals surface area (Å²) in [6.07, 6.45) is 2.25. The minimum atomic E-state index is -0.0257. The molecule has 16 heavy (non-hydrogen) atoms. The molecule has 0 radical (unpaired) electrons. The Labute approximate surface area is 109 Å². The highest BCUT2D eigenvalue weighted by Gasteiger charge is 2.13. The van der Waals surface area contributed by atoms with Crippen LogP contribution in [0.5, 0.6) is 0 Å². The highest BCUT2D eigenvalue weighted by atomic mass is 79.9. The second-order valence-corrected chi connectivity index (χ2v) is 5.13. The van der Waals surface area contributed by atoms with Gasteiger partial charge in [-0.05, 0) is 28.3 Å². The monoisotopic (exact) mass is 307 g/mol. The predicted octanol–water partition coefficient (Wildman–Crippen LogP) is 2.71. The van der Waals surface area contributed by atoms with E-state index in [2.05, 4.69) is 45.1 Å². The Morgan fingerprint density at radius 2 is 2.19 bits per heavy atom. The number of aliphatic hydroxyl groups is 1. The van der Waals surface area contributed by atoms with Gasteiger partial charge in [-0.15, -0.1) is 0 Å². The van der Waals surface area contributed by atoms with Crippen LogP contribution in [0.3, 0.4) is 0 Å². The van der Waals surface area contributed by atoms with Crippen LogP contribution < -0.4 is 5.32 Å². The zero-order valence-electron chi connectivity index (χ0n) is 9.24. The first-order valence-electron chi connectivity index (χ1n) is 5.08. The summed E-state index contributed by atoms with van der Waals surface area (Å²) >= 11 is 9.15. The topological polar surface area (TPSA) is 58.0 Å². The fourth-order valence-electron chi connectivity index (χ4n) is 1.39. The van der Waals surface area contributed by atoms with Crippen molar-refractivity contribution in [2.75, 3.05) is 11.9 Å². The number of hydrogen-bond donors (Lipinski definition) is 2. The maximum absolute atomic E-state index is 9.24. The molecule has 1 heterocycles. The number of nitrogens with zero attached hydrogens (tertiary/aromatic N) is 2. The lowest BCUT2D eigenvalue weighted by Crippen LogP contribution is -2.26. The summed E-state index contributed by atoms with van der Waals surface area (Å²) in [4.78, 5) is 7.91. The first-order valence-corrected chi connectivity index (χ1v) is 6.25. The summed E-state index contributed by atoms with van der Waals surface area (Å²) < 4.78 is 0.624. The van der Waals surface area contributed by atoms with Crippen molar-refractivity contribution in [3.05, 3.63) is 16.0 Å². The molecule has 1 aromatic heterocycles. The number of aliphatic hydroxyl groups excluding tert-OH is 1. The highest BCUT2D eigenvalue weighted by Crippen LogP contribution is 2.27. The molecule has 0 aromatic carbocycles. The minimum Gasteiger partial charge on any atom is -0.394 e. The summed E-state index contributed by atoms with van der Waals surface area (Å²) in [5, 5.41) is 12.7. The van der Waals surface area contributed by atoms with Crippen LogP contribution in [0.25, 0.3) is 0 Å². The number of anilines is 1. The normalized spacial score (nSPS) is 12.9. The van der Waals surface area contributed by atoms with Gasteiger partial charge in [0.1, 0.15) is 17.3 Å². The highest BCUT2D eigenvalue weighted by molar-refractivity contribution is 9.10. The summed E-state index contributed by atoms with van der Waals surface area (Å²) in [6, 6.07) is -0.0257. The number of hydrogen-bond acceptors (Lipinski definition) is 4. The molecule has 0 aliphatic rings. The zero-order valence-corrected chi connectivity index (χ0v) is 11.6. The fourth-order valence-corrected chi connectivity index (χ4v) is 1.84. The maximum atomic E-state index is 9.24. The quantitative estimate of drug-likeness (QED) is 0.821. The molecule has 2 N–H and O–H groups in total. The van der Waals surface area contributed by atoms with E-state index in [1.165, 1.54) is 6.33 Å². The van der Waals surface area contributed by atoms with Gasteiger partial charge in [0.05, 0.1) is 17.1 Å². The van der Waals surface area contributed by atoms with E-state index in [0.29, 0.717) is 21.4 Å². The molecule has 1 unspecified atom stereocenters. The van der Waals surface area contributed by atoms with Crippen molar-refractivity contribution in [3.63, 3.8) is 0 Å². The van der Waals surface area contributed by atoms with E-state index >= 15 is 0 Å². The molecule has 0 saturated heterocycles. The van der Waals surface area contributed by atoms with Crippen LogP contribution in [-0.2, 0) is 0 Å². The van der Waals surface area contributed by atoms with E-state index in [1.807, 2.05) is 0 Å². The Morgan fingerprint density at radius 3 is 2.75 bits per heavy atom. The summed E-state index contributed by atoms with van der Waals surface area (Å²) in [7, 11) is 0. The van der Waals surface area contributed by atoms with Crippen molar-refractivity contribution in [1.29, 1.82) is 0 Å². The summed E-state index contributed by atoms with van der Waals surface area (Å²) in [5.41, 5.74) is 0.